The zero-order chi connectivity index (χ0) is 28.6. The Balaban J connectivity index is 1.27. The van der Waals surface area contributed by atoms with Crippen molar-refractivity contribution < 1.29 is 8.83 Å². The highest BCUT2D eigenvalue weighted by Crippen LogP contribution is 2.40. The predicted octanol–water partition coefficient (Wildman–Crippen LogP) is 10.7. The van der Waals surface area contributed by atoms with Crippen LogP contribution in [-0.2, 0) is 10.8 Å². The van der Waals surface area contributed by atoms with Crippen LogP contribution in [0.2, 0.25) is 19.6 Å². The highest BCUT2D eigenvalue weighted by Gasteiger charge is 2.28. The zero-order valence-corrected chi connectivity index (χ0v) is 26.6. The van der Waals surface area contributed by atoms with Gasteiger partial charge in [-0.3, -0.25) is 0 Å². The monoisotopic (exact) mass is 546 g/mol. The van der Waals surface area contributed by atoms with Crippen molar-refractivity contribution in [2.24, 2.45) is 0 Å². The molecular weight excluding hydrogens is 504 g/mol. The lowest BCUT2D eigenvalue weighted by molar-refractivity contribution is 0.375. The lowest BCUT2D eigenvalue weighted by Crippen LogP contribution is -2.37. The van der Waals surface area contributed by atoms with Crippen molar-refractivity contribution in [1.29, 1.82) is 0 Å². The summed E-state index contributed by atoms with van der Waals surface area (Å²) < 4.78 is 12.6. The van der Waals surface area contributed by atoms with Crippen LogP contribution in [0.3, 0.4) is 0 Å². The molecule has 0 bridgehead atoms. The SMILES string of the molecule is Cc1cc2oc3cc(C(C)(C)CCC(C)(C)c4ccc5oc6cc([Si](C)(C)C)ccc6c5c4)ccc3c2cc1C. The number of hydrogen-bond acceptors (Lipinski definition) is 2. The van der Waals surface area contributed by atoms with Crippen LogP contribution in [0.1, 0.15) is 62.8 Å². The number of benzene rings is 4. The molecule has 2 heterocycles. The lowest BCUT2D eigenvalue weighted by Gasteiger charge is -2.32. The summed E-state index contributed by atoms with van der Waals surface area (Å²) >= 11 is 0. The summed E-state index contributed by atoms with van der Waals surface area (Å²) in [6, 6.07) is 24.9. The normalized spacial score (nSPS) is 13.3. The molecule has 40 heavy (non-hydrogen) atoms. The minimum Gasteiger partial charge on any atom is -0.456 e. The molecule has 0 unspecified atom stereocenters. The Hall–Kier alpha value is -3.30. The molecule has 0 amide bonds. The van der Waals surface area contributed by atoms with Crippen molar-refractivity contribution >= 4 is 57.1 Å². The molecule has 0 radical (unpaired) electrons. The van der Waals surface area contributed by atoms with E-state index in [9.17, 15) is 0 Å². The standard InChI is InChI=1S/C37H42O2Si/c1-23-18-30-28-13-10-26(21-34(28)39-33(30)19-24(23)2)37(5,6)17-16-36(3,4)25-11-15-32-31(20-25)29-14-12-27(40(7,8)9)22-35(29)38-32/h10-15,18-22H,16-17H2,1-9H3. The van der Waals surface area contributed by atoms with Gasteiger partial charge in [-0.25, -0.2) is 0 Å². The van der Waals surface area contributed by atoms with Gasteiger partial charge in [-0.2, -0.15) is 0 Å². The molecule has 0 N–H and O–H groups in total. The second-order valence-electron chi connectivity index (χ2n) is 14.3. The van der Waals surface area contributed by atoms with E-state index in [1.165, 1.54) is 49.0 Å². The summed E-state index contributed by atoms with van der Waals surface area (Å²) in [6.07, 6.45) is 2.16. The van der Waals surface area contributed by atoms with Gasteiger partial charge in [0.15, 0.2) is 0 Å². The molecule has 0 aliphatic rings. The smallest absolute Gasteiger partial charge is 0.135 e. The topological polar surface area (TPSA) is 26.3 Å². The van der Waals surface area contributed by atoms with E-state index in [2.05, 4.69) is 128 Å². The van der Waals surface area contributed by atoms with Crippen LogP contribution in [0.15, 0.2) is 75.6 Å². The van der Waals surface area contributed by atoms with E-state index in [1.54, 1.807) is 0 Å². The van der Waals surface area contributed by atoms with E-state index < -0.39 is 8.07 Å². The van der Waals surface area contributed by atoms with Crippen LogP contribution in [0.4, 0.5) is 0 Å². The third-order valence-corrected chi connectivity index (χ3v) is 11.4. The summed E-state index contributed by atoms with van der Waals surface area (Å²) in [4.78, 5) is 0. The third kappa shape index (κ3) is 4.59. The summed E-state index contributed by atoms with van der Waals surface area (Å²) in [5, 5.41) is 6.30. The molecule has 2 aromatic heterocycles. The van der Waals surface area contributed by atoms with Crippen LogP contribution in [0.5, 0.6) is 0 Å². The molecule has 0 spiro atoms. The maximum Gasteiger partial charge on any atom is 0.135 e. The van der Waals surface area contributed by atoms with Gasteiger partial charge < -0.3 is 8.83 Å². The van der Waals surface area contributed by atoms with Crippen LogP contribution in [-0.4, -0.2) is 8.07 Å². The fourth-order valence-corrected chi connectivity index (χ4v) is 7.18. The summed E-state index contributed by atoms with van der Waals surface area (Å²) in [7, 11) is -1.39. The number of hydrogen-bond donors (Lipinski definition) is 0. The van der Waals surface area contributed by atoms with Crippen LogP contribution in [0, 0.1) is 13.8 Å². The second-order valence-corrected chi connectivity index (χ2v) is 19.4. The molecular formula is C37H42O2Si. The molecule has 0 saturated heterocycles. The van der Waals surface area contributed by atoms with Crippen LogP contribution in [0.25, 0.3) is 43.9 Å². The average molecular weight is 547 g/mol. The lowest BCUT2D eigenvalue weighted by atomic mass is 9.72. The fourth-order valence-electron chi connectivity index (χ4n) is 6.03. The van der Waals surface area contributed by atoms with Gasteiger partial charge in [0.1, 0.15) is 22.3 Å². The molecule has 6 rings (SSSR count). The third-order valence-electron chi connectivity index (χ3n) is 9.36. The summed E-state index contributed by atoms with van der Waals surface area (Å²) in [6.45, 7) is 21.0. The van der Waals surface area contributed by atoms with Crippen molar-refractivity contribution in [3.8, 4) is 0 Å². The van der Waals surface area contributed by atoms with Gasteiger partial charge in [0.25, 0.3) is 0 Å². The van der Waals surface area contributed by atoms with E-state index in [4.69, 9.17) is 8.83 Å². The minimum absolute atomic E-state index is 0.0238. The Morgan fingerprint density at radius 3 is 1.70 bits per heavy atom. The highest BCUT2D eigenvalue weighted by molar-refractivity contribution is 6.88. The molecule has 6 aromatic rings. The van der Waals surface area contributed by atoms with E-state index in [1.807, 2.05) is 0 Å². The summed E-state index contributed by atoms with van der Waals surface area (Å²) in [5.74, 6) is 0. The van der Waals surface area contributed by atoms with E-state index in [0.717, 1.165) is 35.2 Å². The Bertz CT molecular complexity index is 1910. The van der Waals surface area contributed by atoms with Gasteiger partial charge in [0, 0.05) is 21.5 Å². The van der Waals surface area contributed by atoms with Gasteiger partial charge in [-0.1, -0.05) is 82.9 Å². The Morgan fingerprint density at radius 1 is 0.525 bits per heavy atom. The second kappa shape index (κ2) is 9.11. The first kappa shape index (κ1) is 26.9. The zero-order valence-electron chi connectivity index (χ0n) is 25.6. The Labute approximate surface area is 239 Å². The summed E-state index contributed by atoms with van der Waals surface area (Å²) in [5.41, 5.74) is 9.29. The maximum absolute atomic E-state index is 6.33. The largest absolute Gasteiger partial charge is 0.456 e. The number of fused-ring (bicyclic) bond motifs is 6. The van der Waals surface area contributed by atoms with E-state index in [0.29, 0.717) is 0 Å². The van der Waals surface area contributed by atoms with Crippen LogP contribution < -0.4 is 5.19 Å². The van der Waals surface area contributed by atoms with Crippen molar-refractivity contribution in [1.82, 2.24) is 0 Å². The minimum atomic E-state index is -1.39. The van der Waals surface area contributed by atoms with Gasteiger partial charge in [-0.15, -0.1) is 0 Å². The molecule has 4 aromatic carbocycles. The molecule has 0 aliphatic carbocycles. The Kier molecular flexibility index (Phi) is 6.12. The van der Waals surface area contributed by atoms with Gasteiger partial charge >= 0.3 is 0 Å². The molecule has 0 saturated carbocycles. The molecule has 206 valence electrons. The number of rotatable bonds is 6. The van der Waals surface area contributed by atoms with Gasteiger partial charge in [-0.05, 0) is 96.2 Å². The van der Waals surface area contributed by atoms with Crippen molar-refractivity contribution in [2.45, 2.75) is 84.9 Å². The first-order chi connectivity index (χ1) is 18.7. The first-order valence-electron chi connectivity index (χ1n) is 14.6. The van der Waals surface area contributed by atoms with E-state index >= 15 is 0 Å². The molecule has 0 fully saturated rings. The molecule has 3 heteroatoms. The maximum atomic E-state index is 6.33. The Morgan fingerprint density at radius 2 is 1.02 bits per heavy atom. The van der Waals surface area contributed by atoms with Crippen LogP contribution >= 0.6 is 0 Å². The predicted molar refractivity (Wildman–Crippen MR) is 175 cm³/mol. The van der Waals surface area contributed by atoms with Crippen molar-refractivity contribution in [3.05, 3.63) is 89.0 Å². The average Bonchev–Trinajstić information content (AvgIpc) is 3.43. The molecule has 2 nitrogen and oxygen atoms in total. The number of aryl methyl sites for hydroxylation is 2. The molecule has 0 aliphatic heterocycles. The first-order valence-corrected chi connectivity index (χ1v) is 18.1. The van der Waals surface area contributed by atoms with Gasteiger partial charge in [0.2, 0.25) is 0 Å². The quantitative estimate of drug-likeness (QED) is 0.194. The van der Waals surface area contributed by atoms with Crippen molar-refractivity contribution in [2.75, 3.05) is 0 Å². The highest BCUT2D eigenvalue weighted by atomic mass is 28.3. The van der Waals surface area contributed by atoms with E-state index in [-0.39, 0.29) is 10.8 Å². The van der Waals surface area contributed by atoms with Crippen molar-refractivity contribution in [3.63, 3.8) is 0 Å². The molecule has 0 atom stereocenters. The number of furan rings is 2. The van der Waals surface area contributed by atoms with Gasteiger partial charge in [0.05, 0.1) is 8.07 Å². The fraction of sp³-hybridized carbons (Fsp3) is 0.351.